The SMILES string of the molecule is COc1cc(NC(=O)Nc2ccc3c(c2)N(S(=O)(=O)c2cccs2)CCC3)cc(OC)c1. The zero-order valence-corrected chi connectivity index (χ0v) is 19.3. The van der Waals surface area contributed by atoms with Gasteiger partial charge in [-0.1, -0.05) is 12.1 Å². The first kappa shape index (κ1) is 22.0. The number of thiophene rings is 1. The second-order valence-corrected chi connectivity index (χ2v) is 10.2. The molecule has 1 aliphatic heterocycles. The molecular formula is C22H23N3O5S2. The third-order valence-corrected chi connectivity index (χ3v) is 8.25. The molecule has 0 radical (unpaired) electrons. The smallest absolute Gasteiger partial charge is 0.323 e. The van der Waals surface area contributed by atoms with E-state index in [4.69, 9.17) is 9.47 Å². The van der Waals surface area contributed by atoms with Crippen molar-refractivity contribution in [1.82, 2.24) is 0 Å². The van der Waals surface area contributed by atoms with Gasteiger partial charge in [0.25, 0.3) is 10.0 Å². The highest BCUT2D eigenvalue weighted by atomic mass is 32.2. The number of anilines is 3. The molecule has 2 heterocycles. The van der Waals surface area contributed by atoms with Gasteiger partial charge >= 0.3 is 6.03 Å². The van der Waals surface area contributed by atoms with E-state index in [0.29, 0.717) is 39.3 Å². The average molecular weight is 474 g/mol. The Labute approximate surface area is 190 Å². The molecule has 168 valence electrons. The van der Waals surface area contributed by atoms with Gasteiger partial charge in [-0.3, -0.25) is 4.31 Å². The van der Waals surface area contributed by atoms with E-state index in [2.05, 4.69) is 10.6 Å². The molecule has 10 heteroatoms. The number of rotatable bonds is 6. The molecule has 2 N–H and O–H groups in total. The number of sulfonamides is 1. The molecular weight excluding hydrogens is 450 g/mol. The molecule has 1 aliphatic rings. The zero-order chi connectivity index (χ0) is 22.7. The van der Waals surface area contributed by atoms with Gasteiger partial charge in [0, 0.05) is 36.1 Å². The maximum Gasteiger partial charge on any atom is 0.323 e. The lowest BCUT2D eigenvalue weighted by Gasteiger charge is -2.30. The molecule has 0 saturated carbocycles. The van der Waals surface area contributed by atoms with E-state index in [0.717, 1.165) is 18.4 Å². The molecule has 4 rings (SSSR count). The minimum absolute atomic E-state index is 0.299. The Morgan fingerprint density at radius 3 is 2.38 bits per heavy atom. The molecule has 1 aromatic heterocycles. The van der Waals surface area contributed by atoms with Crippen molar-refractivity contribution in [3.8, 4) is 11.5 Å². The fourth-order valence-electron chi connectivity index (χ4n) is 3.56. The number of hydrogen-bond acceptors (Lipinski definition) is 6. The normalized spacial score (nSPS) is 13.2. The number of amides is 2. The monoisotopic (exact) mass is 473 g/mol. The second-order valence-electron chi connectivity index (χ2n) is 7.14. The summed E-state index contributed by atoms with van der Waals surface area (Å²) in [4.78, 5) is 12.6. The maximum absolute atomic E-state index is 13.1. The number of ether oxygens (including phenoxy) is 2. The second kappa shape index (κ2) is 9.09. The van der Waals surface area contributed by atoms with Crippen molar-refractivity contribution in [3.63, 3.8) is 0 Å². The highest BCUT2D eigenvalue weighted by molar-refractivity contribution is 7.94. The van der Waals surface area contributed by atoms with Crippen molar-refractivity contribution in [2.45, 2.75) is 17.1 Å². The van der Waals surface area contributed by atoms with Crippen LogP contribution in [0, 0.1) is 0 Å². The number of carbonyl (C=O) groups is 1. The molecule has 8 nitrogen and oxygen atoms in total. The summed E-state index contributed by atoms with van der Waals surface area (Å²) in [6.45, 7) is 0.395. The highest BCUT2D eigenvalue weighted by Crippen LogP contribution is 2.35. The number of nitrogens with zero attached hydrogens (tertiary/aromatic N) is 1. The number of aryl methyl sites for hydroxylation is 1. The van der Waals surface area contributed by atoms with E-state index in [9.17, 15) is 13.2 Å². The molecule has 0 atom stereocenters. The van der Waals surface area contributed by atoms with Crippen molar-refractivity contribution in [1.29, 1.82) is 0 Å². The summed E-state index contributed by atoms with van der Waals surface area (Å²) in [5, 5.41) is 7.26. The van der Waals surface area contributed by atoms with Gasteiger partial charge in [-0.2, -0.15) is 0 Å². The van der Waals surface area contributed by atoms with Crippen LogP contribution in [0.25, 0.3) is 0 Å². The standard InChI is InChI=1S/C22H23N3O5S2/c1-29-18-11-17(12-19(14-18)30-2)24-22(26)23-16-8-7-15-5-3-9-25(20(15)13-16)32(27,28)21-6-4-10-31-21/h4,6-8,10-14H,3,5,9H2,1-2H3,(H2,23,24,26). The van der Waals surface area contributed by atoms with Crippen LogP contribution in [-0.2, 0) is 16.4 Å². The Morgan fingerprint density at radius 2 is 1.72 bits per heavy atom. The Kier molecular flexibility index (Phi) is 6.24. The quantitative estimate of drug-likeness (QED) is 0.547. The van der Waals surface area contributed by atoms with E-state index in [-0.39, 0.29) is 0 Å². The maximum atomic E-state index is 13.1. The van der Waals surface area contributed by atoms with Gasteiger partial charge in [0.05, 0.1) is 19.9 Å². The molecule has 0 aliphatic carbocycles. The first-order chi connectivity index (χ1) is 15.4. The van der Waals surface area contributed by atoms with Crippen LogP contribution in [0.4, 0.5) is 21.9 Å². The summed E-state index contributed by atoms with van der Waals surface area (Å²) >= 11 is 1.19. The van der Waals surface area contributed by atoms with Crippen LogP contribution >= 0.6 is 11.3 Å². The number of carbonyl (C=O) groups excluding carboxylic acids is 1. The Hall–Kier alpha value is -3.24. The van der Waals surface area contributed by atoms with Crippen molar-refractivity contribution in [2.24, 2.45) is 0 Å². The third kappa shape index (κ3) is 4.51. The van der Waals surface area contributed by atoms with Gasteiger partial charge in [0.15, 0.2) is 0 Å². The van der Waals surface area contributed by atoms with Crippen LogP contribution in [0.5, 0.6) is 11.5 Å². The summed E-state index contributed by atoms with van der Waals surface area (Å²) in [5.41, 5.74) is 2.51. The van der Waals surface area contributed by atoms with E-state index in [1.807, 2.05) is 6.07 Å². The van der Waals surface area contributed by atoms with E-state index in [1.165, 1.54) is 29.9 Å². The molecule has 0 bridgehead atoms. The van der Waals surface area contributed by atoms with Gasteiger partial charge in [0.1, 0.15) is 15.7 Å². The number of methoxy groups -OCH3 is 2. The van der Waals surface area contributed by atoms with E-state index in [1.54, 1.807) is 47.8 Å². The van der Waals surface area contributed by atoms with Crippen LogP contribution in [0.2, 0.25) is 0 Å². The third-order valence-electron chi connectivity index (χ3n) is 5.07. The van der Waals surface area contributed by atoms with Gasteiger partial charge in [-0.05, 0) is 42.0 Å². The predicted molar refractivity (Wildman–Crippen MR) is 126 cm³/mol. The minimum Gasteiger partial charge on any atom is -0.497 e. The van der Waals surface area contributed by atoms with Gasteiger partial charge in [-0.15, -0.1) is 11.3 Å². The molecule has 3 aromatic rings. The van der Waals surface area contributed by atoms with Crippen LogP contribution in [0.15, 0.2) is 58.1 Å². The fourth-order valence-corrected chi connectivity index (χ4v) is 6.20. The van der Waals surface area contributed by atoms with Crippen LogP contribution < -0.4 is 24.4 Å². The largest absolute Gasteiger partial charge is 0.497 e. The van der Waals surface area contributed by atoms with Crippen LogP contribution in [0.3, 0.4) is 0 Å². The van der Waals surface area contributed by atoms with Crippen molar-refractivity contribution in [3.05, 3.63) is 59.5 Å². The summed E-state index contributed by atoms with van der Waals surface area (Å²) in [6, 6.07) is 13.2. The summed E-state index contributed by atoms with van der Waals surface area (Å²) in [7, 11) is -0.587. The van der Waals surface area contributed by atoms with Crippen molar-refractivity contribution in [2.75, 3.05) is 35.7 Å². The molecule has 0 fully saturated rings. The molecule has 32 heavy (non-hydrogen) atoms. The molecule has 0 saturated heterocycles. The Balaban J connectivity index is 1.56. The van der Waals surface area contributed by atoms with Crippen LogP contribution in [-0.4, -0.2) is 35.2 Å². The number of hydrogen-bond donors (Lipinski definition) is 2. The first-order valence-electron chi connectivity index (χ1n) is 9.91. The highest BCUT2D eigenvalue weighted by Gasteiger charge is 2.30. The number of nitrogens with one attached hydrogen (secondary N) is 2. The van der Waals surface area contributed by atoms with E-state index < -0.39 is 16.1 Å². The fraction of sp³-hybridized carbons (Fsp3) is 0.227. The van der Waals surface area contributed by atoms with Gasteiger partial charge < -0.3 is 20.1 Å². The summed E-state index contributed by atoms with van der Waals surface area (Å²) < 4.78 is 38.4. The van der Waals surface area contributed by atoms with Crippen molar-refractivity contribution >= 4 is 44.5 Å². The lowest BCUT2D eigenvalue weighted by atomic mass is 10.0. The zero-order valence-electron chi connectivity index (χ0n) is 17.6. The number of urea groups is 1. The lowest BCUT2D eigenvalue weighted by Crippen LogP contribution is -2.35. The van der Waals surface area contributed by atoms with Crippen LogP contribution in [0.1, 0.15) is 12.0 Å². The van der Waals surface area contributed by atoms with E-state index >= 15 is 0 Å². The topological polar surface area (TPSA) is 97.0 Å². The first-order valence-corrected chi connectivity index (χ1v) is 12.2. The number of benzene rings is 2. The molecule has 0 unspecified atom stereocenters. The van der Waals surface area contributed by atoms with Gasteiger partial charge in [-0.25, -0.2) is 13.2 Å². The molecule has 0 spiro atoms. The van der Waals surface area contributed by atoms with Gasteiger partial charge in [0.2, 0.25) is 0 Å². The Morgan fingerprint density at radius 1 is 1.00 bits per heavy atom. The predicted octanol–water partition coefficient (Wildman–Crippen LogP) is 4.55. The molecule has 2 amide bonds. The number of fused-ring (bicyclic) bond motifs is 1. The average Bonchev–Trinajstić information content (AvgIpc) is 3.34. The van der Waals surface area contributed by atoms with Crippen molar-refractivity contribution < 1.29 is 22.7 Å². The summed E-state index contributed by atoms with van der Waals surface area (Å²) in [5.74, 6) is 1.09. The summed E-state index contributed by atoms with van der Waals surface area (Å²) in [6.07, 6.45) is 1.52. The lowest BCUT2D eigenvalue weighted by molar-refractivity contribution is 0.262. The molecule has 2 aromatic carbocycles. The minimum atomic E-state index is -3.65. The Bertz CT molecular complexity index is 1200.